The number of likely N-dealkylation sites (N-methyl/N-ethyl adjacent to an activating group) is 1. The Morgan fingerprint density at radius 3 is 2.54 bits per heavy atom. The summed E-state index contributed by atoms with van der Waals surface area (Å²) in [5.41, 5.74) is 1.01. The Bertz CT molecular complexity index is 265. The van der Waals surface area contributed by atoms with Crippen LogP contribution in [0.2, 0.25) is 0 Å². The van der Waals surface area contributed by atoms with E-state index < -0.39 is 0 Å². The van der Waals surface area contributed by atoms with Crippen LogP contribution >= 0.6 is 0 Å². The third-order valence-electron chi connectivity index (χ3n) is 1.53. The lowest BCUT2D eigenvalue weighted by Crippen LogP contribution is -2.03. The molecule has 4 nitrogen and oxygen atoms in total. The molecule has 4 heteroatoms. The van der Waals surface area contributed by atoms with Crippen molar-refractivity contribution in [3.05, 3.63) is 24.0 Å². The van der Waals surface area contributed by atoms with E-state index in [1.54, 1.807) is 19.4 Å². The van der Waals surface area contributed by atoms with Crippen LogP contribution in [0.25, 0.3) is 6.08 Å². The Hall–Kier alpha value is -1.42. The molecule has 0 radical (unpaired) electrons. The fourth-order valence-corrected chi connectivity index (χ4v) is 0.866. The van der Waals surface area contributed by atoms with Crippen LogP contribution in [0.5, 0.6) is 0 Å². The van der Waals surface area contributed by atoms with Crippen LogP contribution < -0.4 is 10.6 Å². The van der Waals surface area contributed by atoms with E-state index in [9.17, 15) is 0 Å². The average Bonchev–Trinajstić information content (AvgIpc) is 2.19. The first kappa shape index (κ1) is 9.67. The summed E-state index contributed by atoms with van der Waals surface area (Å²) in [6, 6.07) is 0. The van der Waals surface area contributed by atoms with Gasteiger partial charge in [0, 0.05) is 31.5 Å². The smallest absolute Gasteiger partial charge is 0.222 e. The molecule has 1 rings (SSSR count). The van der Waals surface area contributed by atoms with Crippen molar-refractivity contribution in [2.24, 2.45) is 0 Å². The first-order valence-corrected chi connectivity index (χ1v) is 4.17. The van der Waals surface area contributed by atoms with Gasteiger partial charge in [0.1, 0.15) is 0 Å². The molecular weight excluding hydrogens is 164 g/mol. The van der Waals surface area contributed by atoms with E-state index in [-0.39, 0.29) is 0 Å². The number of hydrogen-bond donors (Lipinski definition) is 2. The Morgan fingerprint density at radius 2 is 2.00 bits per heavy atom. The minimum Gasteiger partial charge on any atom is -0.357 e. The Labute approximate surface area is 78.1 Å². The highest BCUT2D eigenvalue weighted by molar-refractivity contribution is 5.47. The summed E-state index contributed by atoms with van der Waals surface area (Å²) in [4.78, 5) is 8.16. The van der Waals surface area contributed by atoms with Gasteiger partial charge >= 0.3 is 0 Å². The molecule has 0 saturated carbocycles. The largest absolute Gasteiger partial charge is 0.357 e. The first-order chi connectivity index (χ1) is 6.36. The van der Waals surface area contributed by atoms with Gasteiger partial charge in [0.25, 0.3) is 0 Å². The van der Waals surface area contributed by atoms with E-state index in [2.05, 4.69) is 20.6 Å². The fraction of sp³-hybridized carbons (Fsp3) is 0.333. The van der Waals surface area contributed by atoms with Crippen LogP contribution in [0, 0.1) is 0 Å². The first-order valence-electron chi connectivity index (χ1n) is 4.17. The van der Waals surface area contributed by atoms with Gasteiger partial charge in [0.2, 0.25) is 5.95 Å². The summed E-state index contributed by atoms with van der Waals surface area (Å²) >= 11 is 0. The zero-order valence-electron chi connectivity index (χ0n) is 7.91. The van der Waals surface area contributed by atoms with Crippen molar-refractivity contribution in [1.29, 1.82) is 0 Å². The second kappa shape index (κ2) is 5.27. The van der Waals surface area contributed by atoms with E-state index in [1.165, 1.54) is 0 Å². The molecule has 1 aromatic rings. The summed E-state index contributed by atoms with van der Waals surface area (Å²) in [5.74, 6) is 0.644. The van der Waals surface area contributed by atoms with Crippen molar-refractivity contribution >= 4 is 12.0 Å². The Balaban J connectivity index is 2.58. The number of nitrogens with one attached hydrogen (secondary N) is 2. The van der Waals surface area contributed by atoms with Crippen LogP contribution in [0.3, 0.4) is 0 Å². The molecule has 13 heavy (non-hydrogen) atoms. The van der Waals surface area contributed by atoms with Gasteiger partial charge in [-0.05, 0) is 7.05 Å². The van der Waals surface area contributed by atoms with Crippen molar-refractivity contribution in [1.82, 2.24) is 15.3 Å². The van der Waals surface area contributed by atoms with Gasteiger partial charge in [0.05, 0.1) is 0 Å². The molecule has 0 aliphatic carbocycles. The molecule has 0 saturated heterocycles. The molecule has 2 N–H and O–H groups in total. The molecule has 1 aromatic heterocycles. The SMILES string of the molecule is CNCC=Cc1cnc(NC)nc1. The molecule has 1 heterocycles. The summed E-state index contributed by atoms with van der Waals surface area (Å²) in [6.45, 7) is 0.855. The van der Waals surface area contributed by atoms with Crippen molar-refractivity contribution in [2.75, 3.05) is 26.0 Å². The summed E-state index contributed by atoms with van der Waals surface area (Å²) in [7, 11) is 3.71. The lowest BCUT2D eigenvalue weighted by molar-refractivity contribution is 0.922. The molecule has 70 valence electrons. The van der Waals surface area contributed by atoms with Crippen molar-refractivity contribution in [3.63, 3.8) is 0 Å². The third kappa shape index (κ3) is 3.21. The molecule has 0 spiro atoms. The van der Waals surface area contributed by atoms with Gasteiger partial charge in [0.15, 0.2) is 0 Å². The predicted octanol–water partition coefficient (Wildman–Crippen LogP) is 0.751. The molecular formula is C9H14N4. The third-order valence-corrected chi connectivity index (χ3v) is 1.53. The van der Waals surface area contributed by atoms with Gasteiger partial charge in [-0.25, -0.2) is 9.97 Å². The molecule has 0 amide bonds. The van der Waals surface area contributed by atoms with Crippen molar-refractivity contribution < 1.29 is 0 Å². The van der Waals surface area contributed by atoms with Crippen LogP contribution in [0.15, 0.2) is 18.5 Å². The van der Waals surface area contributed by atoms with Crippen LogP contribution in [0.4, 0.5) is 5.95 Å². The highest BCUT2D eigenvalue weighted by Gasteiger charge is 1.90. The van der Waals surface area contributed by atoms with Crippen LogP contribution in [-0.2, 0) is 0 Å². The molecule has 0 atom stereocenters. The molecule has 0 aromatic carbocycles. The highest BCUT2D eigenvalue weighted by Crippen LogP contribution is 2.00. The maximum Gasteiger partial charge on any atom is 0.222 e. The lowest BCUT2D eigenvalue weighted by Gasteiger charge is -1.96. The number of hydrogen-bond acceptors (Lipinski definition) is 4. The van der Waals surface area contributed by atoms with E-state index in [0.29, 0.717) is 5.95 Å². The maximum absolute atomic E-state index is 4.08. The van der Waals surface area contributed by atoms with Gasteiger partial charge in [-0.2, -0.15) is 0 Å². The van der Waals surface area contributed by atoms with E-state index in [0.717, 1.165) is 12.1 Å². The number of rotatable bonds is 4. The highest BCUT2D eigenvalue weighted by atomic mass is 15.1. The standard InChI is InChI=1S/C9H14N4/c1-10-5-3-4-8-6-12-9(11-2)13-7-8/h3-4,6-7,10H,5H2,1-2H3,(H,11,12,13). The fourth-order valence-electron chi connectivity index (χ4n) is 0.866. The van der Waals surface area contributed by atoms with Gasteiger partial charge in [-0.3, -0.25) is 0 Å². The molecule has 0 aliphatic heterocycles. The summed E-state index contributed by atoms with van der Waals surface area (Å²) in [6.07, 6.45) is 7.57. The zero-order valence-corrected chi connectivity index (χ0v) is 7.91. The molecule has 0 bridgehead atoms. The van der Waals surface area contributed by atoms with Gasteiger partial charge in [-0.1, -0.05) is 12.2 Å². The predicted molar refractivity (Wildman–Crippen MR) is 54.5 cm³/mol. The topological polar surface area (TPSA) is 49.8 Å². The van der Waals surface area contributed by atoms with Crippen molar-refractivity contribution in [3.8, 4) is 0 Å². The van der Waals surface area contributed by atoms with E-state index >= 15 is 0 Å². The van der Waals surface area contributed by atoms with Gasteiger partial charge in [-0.15, -0.1) is 0 Å². The second-order valence-electron chi connectivity index (χ2n) is 2.55. The Kier molecular flexibility index (Phi) is 3.92. The second-order valence-corrected chi connectivity index (χ2v) is 2.55. The van der Waals surface area contributed by atoms with E-state index in [1.807, 2.05) is 19.2 Å². The maximum atomic E-state index is 4.08. The minimum absolute atomic E-state index is 0.644. The van der Waals surface area contributed by atoms with Crippen LogP contribution in [-0.4, -0.2) is 30.6 Å². The number of aromatic nitrogens is 2. The average molecular weight is 178 g/mol. The minimum atomic E-state index is 0.644. The van der Waals surface area contributed by atoms with E-state index in [4.69, 9.17) is 0 Å². The number of nitrogens with zero attached hydrogens (tertiary/aromatic N) is 2. The zero-order chi connectivity index (χ0) is 9.52. The summed E-state index contributed by atoms with van der Waals surface area (Å²) < 4.78 is 0. The quantitative estimate of drug-likeness (QED) is 0.714. The Morgan fingerprint density at radius 1 is 1.31 bits per heavy atom. The monoisotopic (exact) mass is 178 g/mol. The molecule has 0 fully saturated rings. The van der Waals surface area contributed by atoms with Gasteiger partial charge < -0.3 is 10.6 Å². The molecule has 0 unspecified atom stereocenters. The van der Waals surface area contributed by atoms with Crippen LogP contribution in [0.1, 0.15) is 5.56 Å². The molecule has 0 aliphatic rings. The summed E-state index contributed by atoms with van der Waals surface area (Å²) in [5, 5.41) is 5.88. The normalized spacial score (nSPS) is 10.6. The number of anilines is 1. The van der Waals surface area contributed by atoms with Crippen molar-refractivity contribution in [2.45, 2.75) is 0 Å². The lowest BCUT2D eigenvalue weighted by atomic mass is 10.3.